The van der Waals surface area contributed by atoms with Crippen molar-refractivity contribution in [3.05, 3.63) is 65.0 Å². The number of fused-ring (bicyclic) bond motifs is 1. The van der Waals surface area contributed by atoms with Gasteiger partial charge < -0.3 is 24.2 Å². The van der Waals surface area contributed by atoms with Crippen LogP contribution < -0.4 is 4.74 Å². The highest BCUT2D eigenvalue weighted by molar-refractivity contribution is 5.94. The third-order valence-corrected chi connectivity index (χ3v) is 5.87. The van der Waals surface area contributed by atoms with Gasteiger partial charge in [0.2, 0.25) is 0 Å². The lowest BCUT2D eigenvalue weighted by atomic mass is 9.82. The lowest BCUT2D eigenvalue weighted by Gasteiger charge is -2.42. The monoisotopic (exact) mass is 429 g/mol. The molecule has 1 amide bonds. The molecule has 0 aliphatic carbocycles. The van der Waals surface area contributed by atoms with Crippen LogP contribution >= 0.6 is 0 Å². The molecule has 2 heterocycles. The number of hydrogen-bond donors (Lipinski definition) is 1. The van der Waals surface area contributed by atoms with E-state index in [2.05, 4.69) is 0 Å². The van der Waals surface area contributed by atoms with Crippen molar-refractivity contribution in [2.24, 2.45) is 0 Å². The van der Waals surface area contributed by atoms with Crippen LogP contribution in [0.4, 0.5) is 4.39 Å². The maximum Gasteiger partial charge on any atom is 0.253 e. The summed E-state index contributed by atoms with van der Waals surface area (Å²) < 4.78 is 30.8. The molecule has 2 aromatic rings. The summed E-state index contributed by atoms with van der Waals surface area (Å²) in [5, 5.41) is 9.85. The third kappa shape index (κ3) is 4.44. The molecule has 0 radical (unpaired) electrons. The minimum atomic E-state index is -0.935. The SMILES string of the molecule is Cc1cc(C(=O)N2CC[C@]3(c4ccc(F)cc4)OCO[C@@H]3C2)ccc1OCC(C)(C)O. The number of carbonyl (C=O) groups is 1. The third-order valence-electron chi connectivity index (χ3n) is 5.87. The van der Waals surface area contributed by atoms with E-state index in [9.17, 15) is 14.3 Å². The van der Waals surface area contributed by atoms with E-state index in [1.807, 2.05) is 6.92 Å². The average Bonchev–Trinajstić information content (AvgIpc) is 3.16. The molecule has 4 rings (SSSR count). The second-order valence-electron chi connectivity index (χ2n) is 8.90. The summed E-state index contributed by atoms with van der Waals surface area (Å²) in [7, 11) is 0. The number of amides is 1. The molecule has 2 fully saturated rings. The fourth-order valence-electron chi connectivity index (χ4n) is 4.19. The molecule has 0 unspecified atom stereocenters. The Morgan fingerprint density at radius 1 is 1.29 bits per heavy atom. The molecule has 2 saturated heterocycles. The molecule has 1 N–H and O–H groups in total. The lowest BCUT2D eigenvalue weighted by Crippen LogP contribution is -2.53. The van der Waals surface area contributed by atoms with E-state index in [4.69, 9.17) is 14.2 Å². The number of aliphatic hydroxyl groups is 1. The predicted molar refractivity (Wildman–Crippen MR) is 112 cm³/mol. The molecule has 7 heteroatoms. The molecule has 166 valence electrons. The first-order valence-corrected chi connectivity index (χ1v) is 10.4. The van der Waals surface area contributed by atoms with Crippen LogP contribution in [0.2, 0.25) is 0 Å². The Balaban J connectivity index is 1.47. The van der Waals surface area contributed by atoms with Gasteiger partial charge in [0.15, 0.2) is 0 Å². The summed E-state index contributed by atoms with van der Waals surface area (Å²) in [6, 6.07) is 11.6. The fraction of sp³-hybridized carbons (Fsp3) is 0.458. The van der Waals surface area contributed by atoms with Crippen LogP contribution in [0.1, 0.15) is 41.8 Å². The molecular weight excluding hydrogens is 401 g/mol. The maximum absolute atomic E-state index is 13.4. The van der Waals surface area contributed by atoms with E-state index in [1.54, 1.807) is 49.1 Å². The van der Waals surface area contributed by atoms with E-state index in [0.717, 1.165) is 11.1 Å². The lowest BCUT2D eigenvalue weighted by molar-refractivity contribution is -0.0439. The molecule has 6 nitrogen and oxygen atoms in total. The van der Waals surface area contributed by atoms with Crippen molar-refractivity contribution >= 4 is 5.91 Å². The second-order valence-corrected chi connectivity index (χ2v) is 8.90. The van der Waals surface area contributed by atoms with Gasteiger partial charge in [0.05, 0.1) is 12.1 Å². The number of hydrogen-bond acceptors (Lipinski definition) is 5. The highest BCUT2D eigenvalue weighted by atomic mass is 19.1. The quantitative estimate of drug-likeness (QED) is 0.789. The van der Waals surface area contributed by atoms with Crippen molar-refractivity contribution in [3.8, 4) is 5.75 Å². The van der Waals surface area contributed by atoms with Crippen LogP contribution in [0.3, 0.4) is 0 Å². The van der Waals surface area contributed by atoms with Crippen LogP contribution in [0, 0.1) is 12.7 Å². The fourth-order valence-corrected chi connectivity index (χ4v) is 4.19. The highest BCUT2D eigenvalue weighted by Gasteiger charge is 2.51. The predicted octanol–water partition coefficient (Wildman–Crippen LogP) is 3.40. The highest BCUT2D eigenvalue weighted by Crippen LogP contribution is 2.42. The summed E-state index contributed by atoms with van der Waals surface area (Å²) in [5.74, 6) is 0.258. The van der Waals surface area contributed by atoms with Crippen LogP contribution in [-0.2, 0) is 15.1 Å². The molecule has 31 heavy (non-hydrogen) atoms. The van der Waals surface area contributed by atoms with Gasteiger partial charge in [-0.15, -0.1) is 0 Å². The van der Waals surface area contributed by atoms with E-state index in [-0.39, 0.29) is 31.2 Å². The first-order chi connectivity index (χ1) is 14.7. The van der Waals surface area contributed by atoms with E-state index < -0.39 is 11.2 Å². The summed E-state index contributed by atoms with van der Waals surface area (Å²) in [6.07, 6.45) is 0.256. The van der Waals surface area contributed by atoms with Crippen LogP contribution in [0.5, 0.6) is 5.75 Å². The summed E-state index contributed by atoms with van der Waals surface area (Å²) in [4.78, 5) is 14.9. The maximum atomic E-state index is 13.4. The van der Waals surface area contributed by atoms with Crippen LogP contribution in [-0.4, -0.2) is 54.1 Å². The summed E-state index contributed by atoms with van der Waals surface area (Å²) in [6.45, 7) is 6.45. The van der Waals surface area contributed by atoms with Gasteiger partial charge in [0, 0.05) is 18.5 Å². The first-order valence-electron chi connectivity index (χ1n) is 10.4. The number of benzene rings is 2. The first kappa shape index (κ1) is 21.7. The minimum absolute atomic E-state index is 0.0830. The minimum Gasteiger partial charge on any atom is -0.490 e. The molecule has 2 atom stereocenters. The Bertz CT molecular complexity index is 955. The van der Waals surface area contributed by atoms with Crippen LogP contribution in [0.15, 0.2) is 42.5 Å². The summed E-state index contributed by atoms with van der Waals surface area (Å²) >= 11 is 0. The van der Waals surface area contributed by atoms with Crippen molar-refractivity contribution in [1.29, 1.82) is 0 Å². The van der Waals surface area contributed by atoms with Crippen molar-refractivity contribution in [2.75, 3.05) is 26.5 Å². The number of likely N-dealkylation sites (tertiary alicyclic amines) is 1. The molecule has 2 aromatic carbocycles. The normalized spacial score (nSPS) is 23.5. The number of ether oxygens (including phenoxy) is 3. The zero-order chi connectivity index (χ0) is 22.2. The van der Waals surface area contributed by atoms with Crippen molar-refractivity contribution in [1.82, 2.24) is 4.90 Å². The Morgan fingerprint density at radius 3 is 2.71 bits per heavy atom. The molecule has 0 aromatic heterocycles. The van der Waals surface area contributed by atoms with E-state index in [1.165, 1.54) is 12.1 Å². The smallest absolute Gasteiger partial charge is 0.253 e. The molecule has 0 spiro atoms. The van der Waals surface area contributed by atoms with Gasteiger partial charge in [-0.1, -0.05) is 12.1 Å². The Kier molecular flexibility index (Phi) is 5.77. The van der Waals surface area contributed by atoms with Gasteiger partial charge in [0.25, 0.3) is 5.91 Å². The Hall–Kier alpha value is -2.48. The van der Waals surface area contributed by atoms with Gasteiger partial charge in [-0.05, 0) is 62.2 Å². The van der Waals surface area contributed by atoms with Crippen molar-refractivity contribution in [3.63, 3.8) is 0 Å². The molecule has 2 aliphatic rings. The number of halogens is 1. The van der Waals surface area contributed by atoms with Gasteiger partial charge in [-0.2, -0.15) is 0 Å². The number of aryl methyl sites for hydroxylation is 1. The molecular formula is C24H28FNO5. The number of nitrogens with zero attached hydrogens (tertiary/aromatic N) is 1. The van der Waals surface area contributed by atoms with E-state index in [0.29, 0.717) is 30.8 Å². The Labute approximate surface area is 181 Å². The van der Waals surface area contributed by atoms with Crippen LogP contribution in [0.25, 0.3) is 0 Å². The van der Waals surface area contributed by atoms with Crippen molar-refractivity contribution in [2.45, 2.75) is 44.5 Å². The number of carbonyl (C=O) groups excluding carboxylic acids is 1. The zero-order valence-corrected chi connectivity index (χ0v) is 18.1. The zero-order valence-electron chi connectivity index (χ0n) is 18.1. The molecule has 2 aliphatic heterocycles. The number of rotatable bonds is 5. The van der Waals surface area contributed by atoms with Gasteiger partial charge >= 0.3 is 0 Å². The standard InChI is InChI=1S/C24H28FNO5/c1-16-12-17(4-9-20(16)29-14-23(2,3)28)22(27)26-11-10-24(21(13-26)30-15-31-24)18-5-7-19(25)8-6-18/h4-9,12,21,28H,10-11,13-15H2,1-3H3/t21-,24-/m1/s1. The van der Waals surface area contributed by atoms with Crippen molar-refractivity contribution < 1.29 is 28.5 Å². The number of piperidine rings is 1. The average molecular weight is 429 g/mol. The van der Waals surface area contributed by atoms with Gasteiger partial charge in [0.1, 0.15) is 36.7 Å². The van der Waals surface area contributed by atoms with Gasteiger partial charge in [-0.25, -0.2) is 4.39 Å². The summed E-state index contributed by atoms with van der Waals surface area (Å²) in [5.41, 5.74) is 0.673. The molecule has 0 saturated carbocycles. The second kappa shape index (κ2) is 8.22. The molecule has 0 bridgehead atoms. The topological polar surface area (TPSA) is 68.2 Å². The van der Waals surface area contributed by atoms with E-state index >= 15 is 0 Å². The largest absolute Gasteiger partial charge is 0.490 e. The Morgan fingerprint density at radius 2 is 2.03 bits per heavy atom. The van der Waals surface area contributed by atoms with Gasteiger partial charge in [-0.3, -0.25) is 4.79 Å².